The summed E-state index contributed by atoms with van der Waals surface area (Å²) in [6.07, 6.45) is 1.09. The van der Waals surface area contributed by atoms with Crippen molar-refractivity contribution >= 4 is 16.9 Å². The van der Waals surface area contributed by atoms with Crippen molar-refractivity contribution in [2.75, 3.05) is 7.05 Å². The van der Waals surface area contributed by atoms with Gasteiger partial charge in [-0.05, 0) is 30.2 Å². The number of aromatic amines is 1. The molecule has 23 heavy (non-hydrogen) atoms. The zero-order valence-electron chi connectivity index (χ0n) is 13.5. The predicted molar refractivity (Wildman–Crippen MR) is 92.1 cm³/mol. The number of hydrogen-bond donors (Lipinski definition) is 1. The summed E-state index contributed by atoms with van der Waals surface area (Å²) in [6, 6.07) is 16.1. The molecule has 0 spiro atoms. The van der Waals surface area contributed by atoms with Gasteiger partial charge in [0.15, 0.2) is 0 Å². The number of carbonyl (C=O) groups is 1. The van der Waals surface area contributed by atoms with Crippen molar-refractivity contribution in [3.63, 3.8) is 0 Å². The van der Waals surface area contributed by atoms with E-state index in [9.17, 15) is 4.79 Å². The molecular formula is C19H21N3O. The molecule has 3 aromatic rings. The molecule has 1 aromatic heterocycles. The number of amides is 1. The third-order valence-electron chi connectivity index (χ3n) is 4.11. The number of aryl methyl sites for hydroxylation is 2. The predicted octanol–water partition coefficient (Wildman–Crippen LogP) is 3.46. The molecule has 1 N–H and O–H groups in total. The number of benzene rings is 2. The maximum absolute atomic E-state index is 12.3. The fourth-order valence-electron chi connectivity index (χ4n) is 2.67. The van der Waals surface area contributed by atoms with E-state index in [-0.39, 0.29) is 5.91 Å². The van der Waals surface area contributed by atoms with E-state index >= 15 is 0 Å². The van der Waals surface area contributed by atoms with Gasteiger partial charge in [-0.1, -0.05) is 36.4 Å². The second kappa shape index (κ2) is 6.65. The van der Waals surface area contributed by atoms with Crippen LogP contribution in [0.15, 0.2) is 48.5 Å². The third kappa shape index (κ3) is 3.59. The molecule has 1 amide bonds. The molecule has 0 unspecified atom stereocenters. The molecule has 1 heterocycles. The molecule has 4 nitrogen and oxygen atoms in total. The summed E-state index contributed by atoms with van der Waals surface area (Å²) >= 11 is 0. The van der Waals surface area contributed by atoms with Gasteiger partial charge >= 0.3 is 0 Å². The summed E-state index contributed by atoms with van der Waals surface area (Å²) in [5.41, 5.74) is 4.36. The van der Waals surface area contributed by atoms with Crippen LogP contribution in [0.3, 0.4) is 0 Å². The average Bonchev–Trinajstić information content (AvgIpc) is 2.97. The average molecular weight is 307 g/mol. The molecule has 0 fully saturated rings. The Hall–Kier alpha value is -2.62. The van der Waals surface area contributed by atoms with Gasteiger partial charge in [-0.15, -0.1) is 0 Å². The fraction of sp³-hybridized carbons (Fsp3) is 0.263. The Labute approximate surface area is 136 Å². The van der Waals surface area contributed by atoms with Crippen molar-refractivity contribution in [2.24, 2.45) is 0 Å². The number of nitrogens with one attached hydrogen (secondary N) is 1. The first-order valence-corrected chi connectivity index (χ1v) is 7.85. The molecular weight excluding hydrogens is 286 g/mol. The van der Waals surface area contributed by atoms with Crippen LogP contribution >= 0.6 is 0 Å². The smallest absolute Gasteiger partial charge is 0.223 e. The van der Waals surface area contributed by atoms with Gasteiger partial charge in [0.25, 0.3) is 0 Å². The van der Waals surface area contributed by atoms with E-state index in [0.29, 0.717) is 19.4 Å². The molecule has 0 aliphatic rings. The zero-order chi connectivity index (χ0) is 16.2. The lowest BCUT2D eigenvalue weighted by Crippen LogP contribution is -2.26. The highest BCUT2D eigenvalue weighted by Crippen LogP contribution is 2.13. The molecule has 2 aromatic carbocycles. The highest BCUT2D eigenvalue weighted by Gasteiger charge is 2.12. The van der Waals surface area contributed by atoms with Crippen molar-refractivity contribution in [1.29, 1.82) is 0 Å². The maximum atomic E-state index is 12.3. The summed E-state index contributed by atoms with van der Waals surface area (Å²) in [5, 5.41) is 0. The molecule has 4 heteroatoms. The van der Waals surface area contributed by atoms with E-state index < -0.39 is 0 Å². The summed E-state index contributed by atoms with van der Waals surface area (Å²) in [7, 11) is 1.85. The van der Waals surface area contributed by atoms with E-state index in [2.05, 4.69) is 29.0 Å². The molecule has 0 aliphatic carbocycles. The summed E-state index contributed by atoms with van der Waals surface area (Å²) in [4.78, 5) is 21.9. The SMILES string of the molecule is Cc1ccccc1CN(C)C(=O)CCc1nc2ccccc2[nH]1. The molecule has 3 rings (SSSR count). The first-order chi connectivity index (χ1) is 11.1. The van der Waals surface area contributed by atoms with E-state index in [1.807, 2.05) is 43.4 Å². The van der Waals surface area contributed by atoms with E-state index in [1.165, 1.54) is 11.1 Å². The van der Waals surface area contributed by atoms with E-state index in [0.717, 1.165) is 16.9 Å². The lowest BCUT2D eigenvalue weighted by Gasteiger charge is -2.18. The van der Waals surface area contributed by atoms with Gasteiger partial charge in [-0.25, -0.2) is 4.98 Å². The highest BCUT2D eigenvalue weighted by molar-refractivity contribution is 5.77. The van der Waals surface area contributed by atoms with E-state index in [1.54, 1.807) is 4.90 Å². The van der Waals surface area contributed by atoms with Crippen molar-refractivity contribution in [3.8, 4) is 0 Å². The van der Waals surface area contributed by atoms with Crippen LogP contribution in [0.2, 0.25) is 0 Å². The number of fused-ring (bicyclic) bond motifs is 1. The molecule has 0 saturated carbocycles. The Morgan fingerprint density at radius 2 is 1.87 bits per heavy atom. The lowest BCUT2D eigenvalue weighted by molar-refractivity contribution is -0.130. The van der Waals surface area contributed by atoms with Crippen LogP contribution in [-0.4, -0.2) is 27.8 Å². The van der Waals surface area contributed by atoms with Crippen molar-refractivity contribution < 1.29 is 4.79 Å². The number of para-hydroxylation sites is 2. The van der Waals surface area contributed by atoms with Crippen molar-refractivity contribution in [2.45, 2.75) is 26.3 Å². The van der Waals surface area contributed by atoms with Crippen LogP contribution in [0, 0.1) is 6.92 Å². The first kappa shape index (κ1) is 15.3. The van der Waals surface area contributed by atoms with Crippen molar-refractivity contribution in [3.05, 3.63) is 65.5 Å². The second-order valence-corrected chi connectivity index (χ2v) is 5.88. The van der Waals surface area contributed by atoms with Gasteiger partial charge in [0, 0.05) is 26.4 Å². The van der Waals surface area contributed by atoms with Gasteiger partial charge in [0.2, 0.25) is 5.91 Å². The number of carbonyl (C=O) groups excluding carboxylic acids is 1. The van der Waals surface area contributed by atoms with Crippen molar-refractivity contribution in [1.82, 2.24) is 14.9 Å². The number of aromatic nitrogens is 2. The van der Waals surface area contributed by atoms with Crippen LogP contribution in [-0.2, 0) is 17.8 Å². The molecule has 0 bridgehead atoms. The van der Waals surface area contributed by atoms with Gasteiger partial charge in [0.1, 0.15) is 5.82 Å². The van der Waals surface area contributed by atoms with Gasteiger partial charge in [0.05, 0.1) is 11.0 Å². The Balaban J connectivity index is 1.59. The number of H-pyrrole nitrogens is 1. The monoisotopic (exact) mass is 307 g/mol. The Morgan fingerprint density at radius 3 is 2.65 bits per heavy atom. The van der Waals surface area contributed by atoms with Crippen LogP contribution in [0.4, 0.5) is 0 Å². The quantitative estimate of drug-likeness (QED) is 0.784. The van der Waals surface area contributed by atoms with Crippen LogP contribution in [0.5, 0.6) is 0 Å². The number of rotatable bonds is 5. The normalized spacial score (nSPS) is 10.9. The minimum absolute atomic E-state index is 0.133. The molecule has 118 valence electrons. The largest absolute Gasteiger partial charge is 0.342 e. The third-order valence-corrected chi connectivity index (χ3v) is 4.11. The number of hydrogen-bond acceptors (Lipinski definition) is 2. The topological polar surface area (TPSA) is 49.0 Å². The summed E-state index contributed by atoms with van der Waals surface area (Å²) in [6.45, 7) is 2.72. The minimum Gasteiger partial charge on any atom is -0.342 e. The van der Waals surface area contributed by atoms with Gasteiger partial charge < -0.3 is 9.88 Å². The van der Waals surface area contributed by atoms with E-state index in [4.69, 9.17) is 0 Å². The number of imidazole rings is 1. The second-order valence-electron chi connectivity index (χ2n) is 5.88. The Kier molecular flexibility index (Phi) is 4.42. The van der Waals surface area contributed by atoms with Crippen LogP contribution in [0.25, 0.3) is 11.0 Å². The standard InChI is InChI=1S/C19H21N3O/c1-14-7-3-4-8-15(14)13-22(2)19(23)12-11-18-20-16-9-5-6-10-17(16)21-18/h3-10H,11-13H2,1-2H3,(H,20,21). The summed E-state index contributed by atoms with van der Waals surface area (Å²) in [5.74, 6) is 0.998. The Bertz CT molecular complexity index is 789. The molecule has 0 aliphatic heterocycles. The zero-order valence-corrected chi connectivity index (χ0v) is 13.5. The molecule has 0 saturated heterocycles. The lowest BCUT2D eigenvalue weighted by atomic mass is 10.1. The highest BCUT2D eigenvalue weighted by atomic mass is 16.2. The number of nitrogens with zero attached hydrogens (tertiary/aromatic N) is 2. The maximum Gasteiger partial charge on any atom is 0.223 e. The van der Waals surface area contributed by atoms with Crippen LogP contribution in [0.1, 0.15) is 23.4 Å². The first-order valence-electron chi connectivity index (χ1n) is 7.85. The molecule has 0 radical (unpaired) electrons. The Morgan fingerprint density at radius 1 is 1.13 bits per heavy atom. The molecule has 0 atom stereocenters. The van der Waals surface area contributed by atoms with Gasteiger partial charge in [-0.2, -0.15) is 0 Å². The fourth-order valence-corrected chi connectivity index (χ4v) is 2.67. The van der Waals surface area contributed by atoms with Gasteiger partial charge in [-0.3, -0.25) is 4.79 Å². The minimum atomic E-state index is 0.133. The van der Waals surface area contributed by atoms with Crippen LogP contribution < -0.4 is 0 Å². The summed E-state index contributed by atoms with van der Waals surface area (Å²) < 4.78 is 0.